The predicted octanol–water partition coefficient (Wildman–Crippen LogP) is 2.43. The van der Waals surface area contributed by atoms with Gasteiger partial charge in [-0.3, -0.25) is 14.4 Å². The molecule has 1 unspecified atom stereocenters. The van der Waals surface area contributed by atoms with Gasteiger partial charge in [0.15, 0.2) is 0 Å². The summed E-state index contributed by atoms with van der Waals surface area (Å²) in [7, 11) is 0. The van der Waals surface area contributed by atoms with Crippen LogP contribution in [0.1, 0.15) is 51.1 Å². The molecule has 2 N–H and O–H groups in total. The Bertz CT molecular complexity index is 598. The van der Waals surface area contributed by atoms with E-state index < -0.39 is 0 Å². The quantitative estimate of drug-likeness (QED) is 0.803. The molecule has 0 spiro atoms. The normalized spacial score (nSPS) is 20.4. The fourth-order valence-corrected chi connectivity index (χ4v) is 3.38. The Morgan fingerprint density at radius 1 is 1.40 bits per heavy atom. The lowest BCUT2D eigenvalue weighted by Crippen LogP contribution is -2.52. The van der Waals surface area contributed by atoms with E-state index in [1.807, 2.05) is 27.7 Å². The number of aryl methyl sites for hydroxylation is 1. The molecular formula is C18H33ClN4O2. The number of ether oxygens (including phenoxy) is 1. The summed E-state index contributed by atoms with van der Waals surface area (Å²) in [4.78, 5) is 14.3. The van der Waals surface area contributed by atoms with Crippen molar-refractivity contribution in [3.63, 3.8) is 0 Å². The molecule has 2 rings (SSSR count). The smallest absolute Gasteiger partial charge is 0.328 e. The molecule has 1 saturated heterocycles. The number of hydrogen-bond donors (Lipinski definition) is 1. The monoisotopic (exact) mass is 372 g/mol. The Balaban J connectivity index is 0.00000312. The molecule has 1 aliphatic heterocycles. The lowest BCUT2D eigenvalue weighted by atomic mass is 9.79. The highest BCUT2D eigenvalue weighted by Gasteiger charge is 2.33. The highest BCUT2D eigenvalue weighted by Crippen LogP contribution is 2.29. The standard InChI is InChI=1S/C18H32N4O2.ClH/c1-12(2)24-17(23)10-22-14(4)15(13(3)20-22)9-21-8-7-16(19)18(5,6)11-21;/h12,16H,7-11,19H2,1-6H3;1H. The van der Waals surface area contributed by atoms with E-state index in [0.29, 0.717) is 0 Å². The van der Waals surface area contributed by atoms with E-state index >= 15 is 0 Å². The van der Waals surface area contributed by atoms with Gasteiger partial charge in [-0.2, -0.15) is 5.10 Å². The van der Waals surface area contributed by atoms with Crippen molar-refractivity contribution in [1.82, 2.24) is 14.7 Å². The van der Waals surface area contributed by atoms with Gasteiger partial charge in [0.2, 0.25) is 0 Å². The number of nitrogens with two attached hydrogens (primary N) is 1. The predicted molar refractivity (Wildman–Crippen MR) is 102 cm³/mol. The molecule has 0 bridgehead atoms. The first-order valence-electron chi connectivity index (χ1n) is 8.80. The topological polar surface area (TPSA) is 73.4 Å². The number of rotatable bonds is 5. The maximum atomic E-state index is 11.9. The molecule has 0 saturated carbocycles. The van der Waals surface area contributed by atoms with Crippen molar-refractivity contribution in [2.24, 2.45) is 11.1 Å². The van der Waals surface area contributed by atoms with Crippen LogP contribution in [0.3, 0.4) is 0 Å². The minimum absolute atomic E-state index is 0. The van der Waals surface area contributed by atoms with E-state index in [0.717, 1.165) is 37.4 Å². The van der Waals surface area contributed by atoms with Crippen molar-refractivity contribution in [2.75, 3.05) is 13.1 Å². The van der Waals surface area contributed by atoms with Crippen LogP contribution in [0.2, 0.25) is 0 Å². The number of nitrogens with zero attached hydrogens (tertiary/aromatic N) is 3. The number of piperidine rings is 1. The maximum Gasteiger partial charge on any atom is 0.328 e. The Morgan fingerprint density at radius 2 is 2.04 bits per heavy atom. The molecule has 0 aromatic carbocycles. The maximum absolute atomic E-state index is 11.9. The van der Waals surface area contributed by atoms with Crippen molar-refractivity contribution < 1.29 is 9.53 Å². The van der Waals surface area contributed by atoms with Crippen LogP contribution in [0.25, 0.3) is 0 Å². The molecule has 1 atom stereocenters. The Hall–Kier alpha value is -1.11. The van der Waals surface area contributed by atoms with E-state index in [9.17, 15) is 4.79 Å². The highest BCUT2D eigenvalue weighted by atomic mass is 35.5. The summed E-state index contributed by atoms with van der Waals surface area (Å²) in [5, 5.41) is 4.54. The summed E-state index contributed by atoms with van der Waals surface area (Å²) in [6.45, 7) is 15.2. The van der Waals surface area contributed by atoms with E-state index in [-0.39, 0.29) is 42.5 Å². The molecule has 144 valence electrons. The number of aromatic nitrogens is 2. The largest absolute Gasteiger partial charge is 0.462 e. The fourth-order valence-electron chi connectivity index (χ4n) is 3.38. The van der Waals surface area contributed by atoms with Gasteiger partial charge in [-0.25, -0.2) is 0 Å². The first-order valence-corrected chi connectivity index (χ1v) is 8.80. The summed E-state index contributed by atoms with van der Waals surface area (Å²) in [6, 6.07) is 0.254. The first kappa shape index (κ1) is 21.9. The van der Waals surface area contributed by atoms with Crippen LogP contribution in [0.4, 0.5) is 0 Å². The Kier molecular flexibility index (Phi) is 7.47. The third-order valence-electron chi connectivity index (χ3n) is 4.95. The minimum Gasteiger partial charge on any atom is -0.462 e. The zero-order valence-electron chi connectivity index (χ0n) is 16.3. The van der Waals surface area contributed by atoms with E-state index in [1.54, 1.807) is 4.68 Å². The number of carbonyl (C=O) groups excluding carboxylic acids is 1. The summed E-state index contributed by atoms with van der Waals surface area (Å²) in [5.74, 6) is -0.243. The summed E-state index contributed by atoms with van der Waals surface area (Å²) >= 11 is 0. The molecule has 2 heterocycles. The van der Waals surface area contributed by atoms with Gasteiger partial charge >= 0.3 is 5.97 Å². The lowest BCUT2D eigenvalue weighted by molar-refractivity contribution is -0.148. The number of esters is 1. The molecule has 1 fully saturated rings. The van der Waals surface area contributed by atoms with Crippen LogP contribution in [-0.2, 0) is 22.6 Å². The van der Waals surface area contributed by atoms with Crippen LogP contribution in [0, 0.1) is 19.3 Å². The van der Waals surface area contributed by atoms with Crippen LogP contribution in [-0.4, -0.2) is 45.9 Å². The van der Waals surface area contributed by atoms with Crippen LogP contribution in [0.5, 0.6) is 0 Å². The summed E-state index contributed by atoms with van der Waals surface area (Å²) in [6.07, 6.45) is 0.911. The SMILES string of the molecule is Cc1nn(CC(=O)OC(C)C)c(C)c1CN1CCC(N)C(C)(C)C1.Cl. The van der Waals surface area contributed by atoms with Gasteiger partial charge < -0.3 is 10.5 Å². The highest BCUT2D eigenvalue weighted by molar-refractivity contribution is 5.85. The number of hydrogen-bond acceptors (Lipinski definition) is 5. The second-order valence-corrected chi connectivity index (χ2v) is 7.94. The number of carbonyl (C=O) groups is 1. The minimum atomic E-state index is -0.243. The molecule has 1 aromatic heterocycles. The molecule has 1 aromatic rings. The third-order valence-corrected chi connectivity index (χ3v) is 4.95. The van der Waals surface area contributed by atoms with Crippen molar-refractivity contribution in [2.45, 2.75) is 73.2 Å². The van der Waals surface area contributed by atoms with Crippen molar-refractivity contribution in [3.8, 4) is 0 Å². The van der Waals surface area contributed by atoms with Crippen molar-refractivity contribution in [3.05, 3.63) is 17.0 Å². The zero-order chi connectivity index (χ0) is 18.1. The van der Waals surface area contributed by atoms with Gasteiger partial charge in [0.1, 0.15) is 6.54 Å². The molecule has 0 amide bonds. The van der Waals surface area contributed by atoms with Gasteiger partial charge in [0, 0.05) is 36.9 Å². The van der Waals surface area contributed by atoms with Gasteiger partial charge in [-0.05, 0) is 39.5 Å². The average Bonchev–Trinajstić information content (AvgIpc) is 2.69. The van der Waals surface area contributed by atoms with Gasteiger partial charge in [0.05, 0.1) is 11.8 Å². The molecule has 6 nitrogen and oxygen atoms in total. The number of likely N-dealkylation sites (tertiary alicyclic amines) is 1. The van der Waals surface area contributed by atoms with Gasteiger partial charge in [0.25, 0.3) is 0 Å². The number of halogens is 1. The molecular weight excluding hydrogens is 340 g/mol. The molecule has 1 aliphatic rings. The second kappa shape index (κ2) is 8.52. The summed E-state index contributed by atoms with van der Waals surface area (Å²) < 4.78 is 6.98. The van der Waals surface area contributed by atoms with Crippen LogP contribution < -0.4 is 5.73 Å². The molecule has 7 heteroatoms. The van der Waals surface area contributed by atoms with Crippen molar-refractivity contribution in [1.29, 1.82) is 0 Å². The Morgan fingerprint density at radius 3 is 2.60 bits per heavy atom. The molecule has 0 aliphatic carbocycles. The van der Waals surface area contributed by atoms with E-state index in [4.69, 9.17) is 10.5 Å². The van der Waals surface area contributed by atoms with Gasteiger partial charge in [-0.15, -0.1) is 12.4 Å². The Labute approximate surface area is 157 Å². The summed E-state index contributed by atoms with van der Waals surface area (Å²) in [5.41, 5.74) is 9.59. The second-order valence-electron chi connectivity index (χ2n) is 7.94. The lowest BCUT2D eigenvalue weighted by Gasteiger charge is -2.42. The first-order chi connectivity index (χ1) is 11.1. The van der Waals surface area contributed by atoms with Crippen molar-refractivity contribution >= 4 is 18.4 Å². The van der Waals surface area contributed by atoms with Crippen LogP contribution in [0.15, 0.2) is 0 Å². The van der Waals surface area contributed by atoms with Crippen LogP contribution >= 0.6 is 12.4 Å². The fraction of sp³-hybridized carbons (Fsp3) is 0.778. The zero-order valence-corrected chi connectivity index (χ0v) is 17.2. The molecule has 25 heavy (non-hydrogen) atoms. The van der Waals surface area contributed by atoms with E-state index in [2.05, 4.69) is 23.8 Å². The van der Waals surface area contributed by atoms with E-state index in [1.165, 1.54) is 5.56 Å². The third kappa shape index (κ3) is 5.43. The van der Waals surface area contributed by atoms with Gasteiger partial charge in [-0.1, -0.05) is 13.8 Å². The molecule has 0 radical (unpaired) electrons. The average molecular weight is 373 g/mol.